The van der Waals surface area contributed by atoms with Crippen molar-refractivity contribution in [3.8, 4) is 17.0 Å². The predicted molar refractivity (Wildman–Crippen MR) is 79.0 cm³/mol. The number of aromatic nitrogens is 1. The van der Waals surface area contributed by atoms with E-state index in [1.165, 1.54) is 16.0 Å². The lowest BCUT2D eigenvalue weighted by molar-refractivity contribution is 0.415. The Bertz CT molecular complexity index is 631. The topological polar surface area (TPSA) is 48.1 Å². The van der Waals surface area contributed by atoms with Crippen molar-refractivity contribution in [3.05, 3.63) is 33.6 Å². The summed E-state index contributed by atoms with van der Waals surface area (Å²) in [6.45, 7) is 4.91. The van der Waals surface area contributed by atoms with Gasteiger partial charge in [0.05, 0.1) is 12.8 Å². The number of fused-ring (bicyclic) bond motifs is 3. The Balaban J connectivity index is 2.08. The molecule has 1 aliphatic rings. The maximum atomic E-state index is 5.84. The Kier molecular flexibility index (Phi) is 2.87. The summed E-state index contributed by atoms with van der Waals surface area (Å²) in [6.07, 6.45) is 0.979. The van der Waals surface area contributed by atoms with Crippen molar-refractivity contribution < 1.29 is 4.74 Å². The highest BCUT2D eigenvalue weighted by Crippen LogP contribution is 2.43. The molecule has 0 saturated heterocycles. The van der Waals surface area contributed by atoms with Crippen LogP contribution in [-0.4, -0.2) is 18.6 Å². The zero-order chi connectivity index (χ0) is 13.6. The molecule has 0 spiro atoms. The number of hydrogen-bond acceptors (Lipinski definition) is 4. The molecule has 4 heteroatoms. The van der Waals surface area contributed by atoms with E-state index >= 15 is 0 Å². The fraction of sp³-hybridized carbons (Fsp3) is 0.400. The summed E-state index contributed by atoms with van der Waals surface area (Å²) >= 11 is 1.79. The molecule has 3 rings (SSSR count). The number of nitrogens with two attached hydrogens (primary N) is 1. The van der Waals surface area contributed by atoms with Gasteiger partial charge < -0.3 is 10.5 Å². The average molecular weight is 274 g/mol. The number of ether oxygens (including phenoxy) is 1. The molecule has 0 aliphatic heterocycles. The lowest BCUT2D eigenvalue weighted by atomic mass is 9.95. The molecule has 1 heterocycles. The van der Waals surface area contributed by atoms with Crippen LogP contribution in [-0.2, 0) is 11.8 Å². The van der Waals surface area contributed by atoms with E-state index in [1.807, 2.05) is 6.07 Å². The van der Waals surface area contributed by atoms with E-state index in [4.69, 9.17) is 15.5 Å². The molecule has 2 N–H and O–H groups in total. The van der Waals surface area contributed by atoms with E-state index in [2.05, 4.69) is 26.0 Å². The first kappa shape index (κ1) is 12.6. The zero-order valence-electron chi connectivity index (χ0n) is 11.5. The molecule has 2 aromatic rings. The molecule has 1 aromatic heterocycles. The standard InChI is InChI=1S/C15H18N2OS/c1-15(2,8-16)14-17-13-11-7-10(18-3)5-4-9(11)6-12(13)19-14/h4-5,7H,6,8,16H2,1-3H3. The minimum Gasteiger partial charge on any atom is -0.497 e. The lowest BCUT2D eigenvalue weighted by Gasteiger charge is -2.18. The number of benzene rings is 1. The zero-order valence-corrected chi connectivity index (χ0v) is 12.3. The first-order valence-corrected chi connectivity index (χ1v) is 7.24. The van der Waals surface area contributed by atoms with E-state index in [0.29, 0.717) is 6.54 Å². The third-order valence-corrected chi connectivity index (χ3v) is 5.13. The number of rotatable bonds is 3. The highest BCUT2D eigenvalue weighted by atomic mass is 32.1. The van der Waals surface area contributed by atoms with Crippen LogP contribution < -0.4 is 10.5 Å². The van der Waals surface area contributed by atoms with Gasteiger partial charge in [0.15, 0.2) is 0 Å². The Hall–Kier alpha value is -1.39. The lowest BCUT2D eigenvalue weighted by Crippen LogP contribution is -2.27. The molecule has 19 heavy (non-hydrogen) atoms. The van der Waals surface area contributed by atoms with Crippen LogP contribution in [0.4, 0.5) is 0 Å². The second kappa shape index (κ2) is 4.32. The molecule has 0 atom stereocenters. The summed E-state index contributed by atoms with van der Waals surface area (Å²) in [4.78, 5) is 6.18. The molecule has 3 nitrogen and oxygen atoms in total. The summed E-state index contributed by atoms with van der Waals surface area (Å²) in [6, 6.07) is 6.23. The largest absolute Gasteiger partial charge is 0.497 e. The normalized spacial score (nSPS) is 13.3. The average Bonchev–Trinajstić information content (AvgIpc) is 2.96. The van der Waals surface area contributed by atoms with Gasteiger partial charge in [-0.3, -0.25) is 0 Å². The highest BCUT2D eigenvalue weighted by molar-refractivity contribution is 7.12. The van der Waals surface area contributed by atoms with Crippen LogP contribution in [0.25, 0.3) is 11.3 Å². The molecule has 0 fully saturated rings. The second-order valence-corrected chi connectivity index (χ2v) is 6.66. The van der Waals surface area contributed by atoms with Gasteiger partial charge in [0.1, 0.15) is 10.8 Å². The van der Waals surface area contributed by atoms with Crippen molar-refractivity contribution in [1.82, 2.24) is 4.98 Å². The maximum absolute atomic E-state index is 5.84. The minimum absolute atomic E-state index is 0.0476. The maximum Gasteiger partial charge on any atom is 0.119 e. The molecule has 1 aliphatic carbocycles. The molecule has 100 valence electrons. The summed E-state index contributed by atoms with van der Waals surface area (Å²) in [5, 5.41) is 1.13. The van der Waals surface area contributed by atoms with Gasteiger partial charge in [-0.2, -0.15) is 0 Å². The molecule has 0 saturated carbocycles. The van der Waals surface area contributed by atoms with Crippen molar-refractivity contribution in [2.45, 2.75) is 25.7 Å². The van der Waals surface area contributed by atoms with Gasteiger partial charge in [-0.05, 0) is 17.7 Å². The Labute approximate surface area is 117 Å². The van der Waals surface area contributed by atoms with Crippen LogP contribution in [0.2, 0.25) is 0 Å². The van der Waals surface area contributed by atoms with Crippen molar-refractivity contribution >= 4 is 11.3 Å². The minimum atomic E-state index is -0.0476. The number of nitrogens with zero attached hydrogens (tertiary/aromatic N) is 1. The van der Waals surface area contributed by atoms with Crippen LogP contribution in [0.15, 0.2) is 18.2 Å². The van der Waals surface area contributed by atoms with Crippen molar-refractivity contribution in [2.24, 2.45) is 5.73 Å². The van der Waals surface area contributed by atoms with Gasteiger partial charge in [0.2, 0.25) is 0 Å². The highest BCUT2D eigenvalue weighted by Gasteiger charge is 2.29. The van der Waals surface area contributed by atoms with E-state index in [-0.39, 0.29) is 5.41 Å². The molecule has 1 aromatic carbocycles. The number of thiazole rings is 1. The predicted octanol–water partition coefficient (Wildman–Crippen LogP) is 2.96. The van der Waals surface area contributed by atoms with Gasteiger partial charge in [0, 0.05) is 28.8 Å². The Morgan fingerprint density at radius 3 is 2.89 bits per heavy atom. The van der Waals surface area contributed by atoms with Gasteiger partial charge in [0.25, 0.3) is 0 Å². The number of methoxy groups -OCH3 is 1. The molecule has 0 radical (unpaired) electrons. The van der Waals surface area contributed by atoms with Gasteiger partial charge in [-0.1, -0.05) is 19.9 Å². The van der Waals surface area contributed by atoms with Gasteiger partial charge in [-0.25, -0.2) is 4.98 Å². The fourth-order valence-electron chi connectivity index (χ4n) is 2.29. The SMILES string of the molecule is COc1ccc2c(c1)-c1nc(C(C)(C)CN)sc1C2. The summed E-state index contributed by atoms with van der Waals surface area (Å²) in [7, 11) is 1.70. The first-order valence-electron chi connectivity index (χ1n) is 6.42. The molecule has 0 unspecified atom stereocenters. The first-order chi connectivity index (χ1) is 9.05. The third-order valence-electron chi connectivity index (χ3n) is 3.71. The van der Waals surface area contributed by atoms with E-state index < -0.39 is 0 Å². The van der Waals surface area contributed by atoms with Crippen molar-refractivity contribution in [1.29, 1.82) is 0 Å². The Morgan fingerprint density at radius 2 is 2.21 bits per heavy atom. The molecule has 0 bridgehead atoms. The van der Waals surface area contributed by atoms with Gasteiger partial charge in [-0.15, -0.1) is 11.3 Å². The van der Waals surface area contributed by atoms with Gasteiger partial charge >= 0.3 is 0 Å². The fourth-order valence-corrected chi connectivity index (χ4v) is 3.50. The van der Waals surface area contributed by atoms with Crippen molar-refractivity contribution in [3.63, 3.8) is 0 Å². The van der Waals surface area contributed by atoms with E-state index in [0.717, 1.165) is 22.9 Å². The molecular weight excluding hydrogens is 256 g/mol. The summed E-state index contributed by atoms with van der Waals surface area (Å²) < 4.78 is 5.31. The van der Waals surface area contributed by atoms with Crippen LogP contribution in [0.1, 0.15) is 29.3 Å². The van der Waals surface area contributed by atoms with E-state index in [9.17, 15) is 0 Å². The quantitative estimate of drug-likeness (QED) is 0.799. The summed E-state index contributed by atoms with van der Waals surface area (Å²) in [5.41, 5.74) is 9.47. The molecular formula is C15H18N2OS. The van der Waals surface area contributed by atoms with Crippen LogP contribution in [0, 0.1) is 0 Å². The number of hydrogen-bond donors (Lipinski definition) is 1. The summed E-state index contributed by atoms with van der Waals surface area (Å²) in [5.74, 6) is 0.888. The molecule has 0 amide bonds. The second-order valence-electron chi connectivity index (χ2n) is 5.58. The van der Waals surface area contributed by atoms with Crippen LogP contribution in [0.3, 0.4) is 0 Å². The van der Waals surface area contributed by atoms with Crippen LogP contribution >= 0.6 is 11.3 Å². The van der Waals surface area contributed by atoms with Crippen LogP contribution in [0.5, 0.6) is 5.75 Å². The smallest absolute Gasteiger partial charge is 0.119 e. The monoisotopic (exact) mass is 274 g/mol. The Morgan fingerprint density at radius 1 is 1.42 bits per heavy atom. The van der Waals surface area contributed by atoms with Crippen molar-refractivity contribution in [2.75, 3.05) is 13.7 Å². The van der Waals surface area contributed by atoms with E-state index in [1.54, 1.807) is 18.4 Å². The third kappa shape index (κ3) is 1.95.